The number of amides is 1. The molecule has 1 aliphatic heterocycles. The minimum Gasteiger partial charge on any atom is -0.392 e. The Balaban J connectivity index is 0.00000145. The average molecular weight is 397 g/mol. The summed E-state index contributed by atoms with van der Waals surface area (Å²) < 4.78 is 0. The second-order valence-corrected chi connectivity index (χ2v) is 7.45. The van der Waals surface area contributed by atoms with Gasteiger partial charge in [-0.15, -0.1) is 0 Å². The lowest BCUT2D eigenvalue weighted by Gasteiger charge is -2.34. The van der Waals surface area contributed by atoms with Crippen molar-refractivity contribution in [2.75, 3.05) is 26.7 Å². The lowest BCUT2D eigenvalue weighted by atomic mass is 9.93. The van der Waals surface area contributed by atoms with Crippen LogP contribution >= 0.6 is 0 Å². The van der Waals surface area contributed by atoms with Gasteiger partial charge in [0.15, 0.2) is 0 Å². The van der Waals surface area contributed by atoms with Crippen LogP contribution < -0.4 is 0 Å². The van der Waals surface area contributed by atoms with Crippen molar-refractivity contribution in [2.45, 2.75) is 51.7 Å². The summed E-state index contributed by atoms with van der Waals surface area (Å²) in [4.78, 5) is 17.5. The average Bonchev–Trinajstić information content (AvgIpc) is 3.19. The second kappa shape index (κ2) is 11.7. The van der Waals surface area contributed by atoms with E-state index < -0.39 is 0 Å². The van der Waals surface area contributed by atoms with Crippen LogP contribution in [0.1, 0.15) is 56.7 Å². The molecule has 0 radical (unpaired) electrons. The number of hydrogen-bond donors (Lipinski definition) is 1. The Kier molecular flexibility index (Phi) is 9.36. The van der Waals surface area contributed by atoms with Gasteiger partial charge in [0.05, 0.1) is 18.1 Å². The number of carbonyl (C=O) groups is 1. The van der Waals surface area contributed by atoms with Gasteiger partial charge in [0.1, 0.15) is 0 Å². The summed E-state index contributed by atoms with van der Waals surface area (Å²) in [7, 11) is 1.91. The van der Waals surface area contributed by atoms with E-state index in [2.05, 4.69) is 24.0 Å². The highest BCUT2D eigenvalue weighted by Gasteiger charge is 2.31. The van der Waals surface area contributed by atoms with Gasteiger partial charge >= 0.3 is 0 Å². The third-order valence-electron chi connectivity index (χ3n) is 5.59. The van der Waals surface area contributed by atoms with E-state index in [1.165, 1.54) is 0 Å². The van der Waals surface area contributed by atoms with Gasteiger partial charge < -0.3 is 10.0 Å². The fourth-order valence-corrected chi connectivity index (χ4v) is 3.99. The van der Waals surface area contributed by atoms with E-state index >= 15 is 0 Å². The molecule has 4 nitrogen and oxygen atoms in total. The first-order chi connectivity index (χ1) is 14.1. The molecule has 1 saturated heterocycles. The van der Waals surface area contributed by atoms with Gasteiger partial charge in [-0.3, -0.25) is 9.69 Å². The third kappa shape index (κ3) is 6.15. The maximum Gasteiger partial charge on any atom is 0.230 e. The second-order valence-electron chi connectivity index (χ2n) is 7.45. The maximum atomic E-state index is 13.4. The molecular formula is C25H36N2O2. The normalized spacial score (nSPS) is 18.4. The van der Waals surface area contributed by atoms with Gasteiger partial charge in [0, 0.05) is 26.7 Å². The molecule has 0 spiro atoms. The van der Waals surface area contributed by atoms with Crippen LogP contribution in [0.25, 0.3) is 0 Å². The van der Waals surface area contributed by atoms with Crippen LogP contribution in [0.15, 0.2) is 60.7 Å². The molecule has 4 heteroatoms. The highest BCUT2D eigenvalue weighted by molar-refractivity contribution is 5.84. The quantitative estimate of drug-likeness (QED) is 0.751. The van der Waals surface area contributed by atoms with Crippen molar-refractivity contribution in [3.8, 4) is 0 Å². The molecule has 1 aliphatic rings. The molecule has 0 aromatic heterocycles. The van der Waals surface area contributed by atoms with Crippen LogP contribution in [0.5, 0.6) is 0 Å². The largest absolute Gasteiger partial charge is 0.392 e. The van der Waals surface area contributed by atoms with Crippen LogP contribution in [-0.4, -0.2) is 53.6 Å². The minimum absolute atomic E-state index is 0.0261. The Hall–Kier alpha value is -2.17. The van der Waals surface area contributed by atoms with Crippen molar-refractivity contribution in [2.24, 2.45) is 0 Å². The van der Waals surface area contributed by atoms with Crippen LogP contribution in [-0.2, 0) is 4.79 Å². The lowest BCUT2D eigenvalue weighted by Crippen LogP contribution is -2.41. The van der Waals surface area contributed by atoms with Crippen molar-refractivity contribution < 1.29 is 9.90 Å². The van der Waals surface area contributed by atoms with Gasteiger partial charge in [-0.25, -0.2) is 0 Å². The van der Waals surface area contributed by atoms with E-state index in [1.807, 2.05) is 74.3 Å². The van der Waals surface area contributed by atoms with Gasteiger partial charge in [0.2, 0.25) is 5.91 Å². The Morgan fingerprint density at radius 3 is 2.10 bits per heavy atom. The summed E-state index contributed by atoms with van der Waals surface area (Å²) >= 11 is 0. The van der Waals surface area contributed by atoms with Crippen molar-refractivity contribution >= 4 is 5.91 Å². The molecule has 1 N–H and O–H groups in total. The highest BCUT2D eigenvalue weighted by atomic mass is 16.3. The summed E-state index contributed by atoms with van der Waals surface area (Å²) in [5.74, 6) is 0.0175. The van der Waals surface area contributed by atoms with Gasteiger partial charge in [0.25, 0.3) is 0 Å². The number of nitrogens with zero attached hydrogens (tertiary/aromatic N) is 2. The first-order valence-electron chi connectivity index (χ1n) is 10.9. The van der Waals surface area contributed by atoms with E-state index in [-0.39, 0.29) is 24.0 Å². The number of aliphatic hydroxyl groups is 1. The summed E-state index contributed by atoms with van der Waals surface area (Å²) in [6.07, 6.45) is 1.33. The number of rotatable bonds is 7. The van der Waals surface area contributed by atoms with Crippen molar-refractivity contribution in [3.63, 3.8) is 0 Å². The molecule has 3 rings (SSSR count). The molecule has 1 fully saturated rings. The Morgan fingerprint density at radius 2 is 1.62 bits per heavy atom. The Bertz CT molecular complexity index is 720. The molecule has 29 heavy (non-hydrogen) atoms. The summed E-state index contributed by atoms with van der Waals surface area (Å²) in [6.45, 7) is 8.37. The molecule has 0 aliphatic carbocycles. The standard InChI is InChI=1S/C23H30N2O2.C2H6/c1-3-21(18-10-6-4-7-11-18)23(27)24(2)22(19-12-8-5-9-13-19)17-25-15-14-20(26)16-25;1-2/h4-13,20-22,26H,3,14-17H2,1-2H3;1-2H3/t20-,21?,22?;/m0./s1. The van der Waals surface area contributed by atoms with Gasteiger partial charge in [-0.05, 0) is 24.0 Å². The van der Waals surface area contributed by atoms with Gasteiger partial charge in [-0.1, -0.05) is 81.4 Å². The highest BCUT2D eigenvalue weighted by Crippen LogP contribution is 2.28. The molecule has 2 aromatic rings. The summed E-state index contributed by atoms with van der Waals surface area (Å²) in [5.41, 5.74) is 2.21. The molecule has 2 unspecified atom stereocenters. The number of aliphatic hydroxyl groups excluding tert-OH is 1. The number of likely N-dealkylation sites (N-methyl/N-ethyl adjacent to an activating group) is 1. The zero-order chi connectivity index (χ0) is 21.2. The van der Waals surface area contributed by atoms with Crippen LogP contribution in [0.4, 0.5) is 0 Å². The predicted molar refractivity (Wildman–Crippen MR) is 120 cm³/mol. The third-order valence-corrected chi connectivity index (χ3v) is 5.59. The topological polar surface area (TPSA) is 43.8 Å². The molecule has 2 aromatic carbocycles. The Labute approximate surface area is 176 Å². The number of benzene rings is 2. The molecule has 1 heterocycles. The fourth-order valence-electron chi connectivity index (χ4n) is 3.99. The molecular weight excluding hydrogens is 360 g/mol. The molecule has 1 amide bonds. The SMILES string of the molecule is CC.CCC(C(=O)N(C)C(CN1CC[C@H](O)C1)c1ccccc1)c1ccccc1. The van der Waals surface area contributed by atoms with Crippen molar-refractivity contribution in [3.05, 3.63) is 71.8 Å². The Morgan fingerprint density at radius 1 is 1.07 bits per heavy atom. The molecule has 0 bridgehead atoms. The van der Waals surface area contributed by atoms with E-state index in [4.69, 9.17) is 0 Å². The van der Waals surface area contributed by atoms with E-state index in [1.54, 1.807) is 0 Å². The smallest absolute Gasteiger partial charge is 0.230 e. The number of carbonyl (C=O) groups excluding carboxylic acids is 1. The molecule has 158 valence electrons. The summed E-state index contributed by atoms with van der Waals surface area (Å²) in [6, 6.07) is 20.2. The maximum absolute atomic E-state index is 13.4. The van der Waals surface area contributed by atoms with Crippen molar-refractivity contribution in [1.29, 1.82) is 0 Å². The number of hydrogen-bond acceptors (Lipinski definition) is 3. The van der Waals surface area contributed by atoms with Crippen LogP contribution in [0.3, 0.4) is 0 Å². The number of likely N-dealkylation sites (tertiary alicyclic amines) is 1. The zero-order valence-corrected chi connectivity index (χ0v) is 18.3. The monoisotopic (exact) mass is 396 g/mol. The van der Waals surface area contributed by atoms with Crippen LogP contribution in [0, 0.1) is 0 Å². The van der Waals surface area contributed by atoms with Crippen LogP contribution in [0.2, 0.25) is 0 Å². The molecule has 3 atom stereocenters. The zero-order valence-electron chi connectivity index (χ0n) is 18.3. The summed E-state index contributed by atoms with van der Waals surface area (Å²) in [5, 5.41) is 9.88. The predicted octanol–water partition coefficient (Wildman–Crippen LogP) is 4.47. The minimum atomic E-state index is -0.254. The fraction of sp³-hybridized carbons (Fsp3) is 0.480. The first kappa shape index (κ1) is 23.1. The van der Waals surface area contributed by atoms with Crippen molar-refractivity contribution in [1.82, 2.24) is 9.80 Å². The van der Waals surface area contributed by atoms with E-state index in [0.717, 1.165) is 37.1 Å². The van der Waals surface area contributed by atoms with E-state index in [9.17, 15) is 9.90 Å². The lowest BCUT2D eigenvalue weighted by molar-refractivity contribution is -0.134. The van der Waals surface area contributed by atoms with E-state index in [0.29, 0.717) is 6.54 Å². The first-order valence-corrected chi connectivity index (χ1v) is 10.9. The molecule has 0 saturated carbocycles. The van der Waals surface area contributed by atoms with Gasteiger partial charge in [-0.2, -0.15) is 0 Å². The number of β-amino-alcohol motifs (C(OH)–C–C–N with tert-alkyl or cyclic N) is 1.